The van der Waals surface area contributed by atoms with Gasteiger partial charge in [0.25, 0.3) is 0 Å². The second-order valence-corrected chi connectivity index (χ2v) is 6.37. The monoisotopic (exact) mass is 258 g/mol. The molecule has 17 heavy (non-hydrogen) atoms. The third kappa shape index (κ3) is 2.70. The number of rotatable bonds is 4. The van der Waals surface area contributed by atoms with Crippen LogP contribution < -0.4 is 0 Å². The highest BCUT2D eigenvalue weighted by molar-refractivity contribution is 7.89. The molecule has 0 bridgehead atoms. The summed E-state index contributed by atoms with van der Waals surface area (Å²) in [6.45, 7) is 1.23. The maximum absolute atomic E-state index is 12.2. The lowest BCUT2D eigenvalue weighted by Gasteiger charge is -2.31. The molecule has 2 heterocycles. The smallest absolute Gasteiger partial charge is 0.244 e. The molecule has 1 fully saturated rings. The Hall–Kier alpha value is -0.850. The molecular weight excluding hydrogens is 240 g/mol. The lowest BCUT2D eigenvalue weighted by molar-refractivity contribution is 0.203. The Labute approximate surface area is 102 Å². The first-order valence-electron chi connectivity index (χ1n) is 5.88. The second kappa shape index (κ2) is 5.20. The molecule has 0 aliphatic carbocycles. The van der Waals surface area contributed by atoms with E-state index in [9.17, 15) is 8.42 Å². The Morgan fingerprint density at radius 3 is 3.00 bits per heavy atom. The van der Waals surface area contributed by atoms with E-state index in [1.165, 1.54) is 10.5 Å². The third-order valence-corrected chi connectivity index (χ3v) is 5.09. The van der Waals surface area contributed by atoms with E-state index in [0.29, 0.717) is 24.4 Å². The molecule has 96 valence electrons. The highest BCUT2D eigenvalue weighted by Gasteiger charge is 2.30. The molecule has 0 aromatic carbocycles. The van der Waals surface area contributed by atoms with Crippen molar-refractivity contribution in [2.24, 2.45) is 5.92 Å². The fourth-order valence-electron chi connectivity index (χ4n) is 2.28. The number of nitrogens with zero attached hydrogens (tertiary/aromatic N) is 1. The lowest BCUT2D eigenvalue weighted by Crippen LogP contribution is -2.39. The molecule has 1 aromatic rings. The summed E-state index contributed by atoms with van der Waals surface area (Å²) in [6, 6.07) is 1.57. The van der Waals surface area contributed by atoms with Crippen molar-refractivity contribution in [1.82, 2.24) is 9.29 Å². The van der Waals surface area contributed by atoms with E-state index in [1.807, 2.05) is 0 Å². The molecule has 0 saturated carbocycles. The van der Waals surface area contributed by atoms with Gasteiger partial charge in [-0.25, -0.2) is 8.42 Å². The highest BCUT2D eigenvalue weighted by Crippen LogP contribution is 2.24. The van der Waals surface area contributed by atoms with Gasteiger partial charge in [0.05, 0.1) is 4.90 Å². The van der Waals surface area contributed by atoms with Crippen LogP contribution in [0, 0.1) is 5.92 Å². The van der Waals surface area contributed by atoms with Gasteiger partial charge in [0.2, 0.25) is 10.0 Å². The van der Waals surface area contributed by atoms with Crippen molar-refractivity contribution >= 4 is 10.0 Å². The molecule has 0 spiro atoms. The van der Waals surface area contributed by atoms with E-state index in [1.54, 1.807) is 12.3 Å². The number of hydrogen-bond donors (Lipinski definition) is 2. The second-order valence-electron chi connectivity index (χ2n) is 4.43. The zero-order valence-corrected chi connectivity index (χ0v) is 10.5. The minimum Gasteiger partial charge on any atom is -0.396 e. The maximum atomic E-state index is 12.2. The van der Waals surface area contributed by atoms with Crippen LogP contribution in [-0.2, 0) is 10.0 Å². The molecule has 1 aromatic heterocycles. The first-order valence-corrected chi connectivity index (χ1v) is 7.32. The van der Waals surface area contributed by atoms with Crippen LogP contribution in [0.5, 0.6) is 0 Å². The van der Waals surface area contributed by atoms with E-state index in [-0.39, 0.29) is 12.5 Å². The molecule has 2 rings (SSSR count). The number of hydrogen-bond acceptors (Lipinski definition) is 3. The predicted molar refractivity (Wildman–Crippen MR) is 64.0 cm³/mol. The van der Waals surface area contributed by atoms with Crippen molar-refractivity contribution in [3.8, 4) is 0 Å². The van der Waals surface area contributed by atoms with Gasteiger partial charge in [0.1, 0.15) is 0 Å². The Balaban J connectivity index is 2.12. The number of nitrogens with one attached hydrogen (secondary N) is 1. The molecule has 1 unspecified atom stereocenters. The third-order valence-electron chi connectivity index (χ3n) is 3.23. The van der Waals surface area contributed by atoms with E-state index >= 15 is 0 Å². The molecule has 2 N–H and O–H groups in total. The minimum atomic E-state index is -3.35. The summed E-state index contributed by atoms with van der Waals surface area (Å²) in [6.07, 6.45) is 5.67. The van der Waals surface area contributed by atoms with Gasteiger partial charge in [-0.3, -0.25) is 0 Å². The van der Waals surface area contributed by atoms with Crippen molar-refractivity contribution in [3.05, 3.63) is 18.5 Å². The van der Waals surface area contributed by atoms with Crippen molar-refractivity contribution in [2.75, 3.05) is 19.7 Å². The first-order chi connectivity index (χ1) is 8.14. The number of aromatic nitrogens is 1. The van der Waals surface area contributed by atoms with Crippen LogP contribution in [0.15, 0.2) is 23.4 Å². The number of aromatic amines is 1. The summed E-state index contributed by atoms with van der Waals surface area (Å²) in [5.74, 6) is 0.280. The first kappa shape index (κ1) is 12.6. The Morgan fingerprint density at radius 2 is 2.35 bits per heavy atom. The van der Waals surface area contributed by atoms with Crippen LogP contribution in [0.2, 0.25) is 0 Å². The Morgan fingerprint density at radius 1 is 1.53 bits per heavy atom. The summed E-state index contributed by atoms with van der Waals surface area (Å²) < 4.78 is 26.0. The van der Waals surface area contributed by atoms with Crippen molar-refractivity contribution in [2.45, 2.75) is 24.2 Å². The summed E-state index contributed by atoms with van der Waals surface area (Å²) in [5, 5.41) is 8.92. The summed E-state index contributed by atoms with van der Waals surface area (Å²) in [4.78, 5) is 3.09. The van der Waals surface area contributed by atoms with Gasteiger partial charge in [-0.1, -0.05) is 0 Å². The molecule has 1 aliphatic rings. The normalized spacial score (nSPS) is 22.8. The number of piperidine rings is 1. The summed E-state index contributed by atoms with van der Waals surface area (Å²) in [7, 11) is -3.35. The van der Waals surface area contributed by atoms with Crippen LogP contribution in [0.1, 0.15) is 19.3 Å². The predicted octanol–water partition coefficient (Wildman–Crippen LogP) is 0.798. The highest BCUT2D eigenvalue weighted by atomic mass is 32.2. The number of aliphatic hydroxyl groups excluding tert-OH is 1. The van der Waals surface area contributed by atoms with Gasteiger partial charge in [-0.05, 0) is 31.2 Å². The molecule has 5 nitrogen and oxygen atoms in total. The van der Waals surface area contributed by atoms with Gasteiger partial charge in [-0.15, -0.1) is 0 Å². The van der Waals surface area contributed by atoms with E-state index in [4.69, 9.17) is 5.11 Å². The number of aliphatic hydroxyl groups is 1. The van der Waals surface area contributed by atoms with Gasteiger partial charge < -0.3 is 10.1 Å². The molecule has 1 atom stereocenters. The van der Waals surface area contributed by atoms with Crippen molar-refractivity contribution < 1.29 is 13.5 Å². The SMILES string of the molecule is O=S(=O)(c1cc[nH]c1)N1CCCC(CCO)C1. The molecule has 1 saturated heterocycles. The fourth-order valence-corrected chi connectivity index (χ4v) is 3.81. The average molecular weight is 258 g/mol. The van der Waals surface area contributed by atoms with Gasteiger partial charge >= 0.3 is 0 Å². The van der Waals surface area contributed by atoms with Crippen molar-refractivity contribution in [3.63, 3.8) is 0 Å². The quantitative estimate of drug-likeness (QED) is 0.839. The zero-order valence-electron chi connectivity index (χ0n) is 9.67. The Kier molecular flexibility index (Phi) is 3.86. The van der Waals surface area contributed by atoms with E-state index < -0.39 is 10.0 Å². The fraction of sp³-hybridized carbons (Fsp3) is 0.636. The maximum Gasteiger partial charge on any atom is 0.244 e. The average Bonchev–Trinajstić information content (AvgIpc) is 2.84. The minimum absolute atomic E-state index is 0.128. The molecular formula is C11H18N2O3S. The number of H-pyrrole nitrogens is 1. The Bertz CT molecular complexity index is 439. The molecule has 6 heteroatoms. The van der Waals surface area contributed by atoms with E-state index in [2.05, 4.69) is 4.98 Å². The standard InChI is InChI=1S/C11H18N2O3S/c14-7-4-10-2-1-6-13(9-10)17(15,16)11-3-5-12-8-11/h3,5,8,10,12,14H,1-2,4,6-7,9H2. The van der Waals surface area contributed by atoms with Crippen molar-refractivity contribution in [1.29, 1.82) is 0 Å². The summed E-state index contributed by atoms with van der Waals surface area (Å²) >= 11 is 0. The largest absolute Gasteiger partial charge is 0.396 e. The van der Waals surface area contributed by atoms with Crippen LogP contribution in [0.3, 0.4) is 0 Å². The molecule has 0 radical (unpaired) electrons. The lowest BCUT2D eigenvalue weighted by atomic mass is 9.97. The van der Waals surface area contributed by atoms with Gasteiger partial charge in [0.15, 0.2) is 0 Å². The zero-order chi connectivity index (χ0) is 12.3. The van der Waals surface area contributed by atoms with Crippen LogP contribution in [0.4, 0.5) is 0 Å². The topological polar surface area (TPSA) is 73.4 Å². The van der Waals surface area contributed by atoms with Crippen LogP contribution in [-0.4, -0.2) is 42.5 Å². The van der Waals surface area contributed by atoms with E-state index in [0.717, 1.165) is 12.8 Å². The summed E-state index contributed by atoms with van der Waals surface area (Å²) in [5.41, 5.74) is 0. The van der Waals surface area contributed by atoms with Crippen LogP contribution >= 0.6 is 0 Å². The van der Waals surface area contributed by atoms with Gasteiger partial charge in [-0.2, -0.15) is 4.31 Å². The number of sulfonamides is 1. The van der Waals surface area contributed by atoms with Gasteiger partial charge in [0, 0.05) is 32.1 Å². The van der Waals surface area contributed by atoms with Crippen LogP contribution in [0.25, 0.3) is 0 Å². The molecule has 1 aliphatic heterocycles. The molecule has 0 amide bonds.